The van der Waals surface area contributed by atoms with Crippen molar-refractivity contribution in [2.45, 2.75) is 38.1 Å². The first kappa shape index (κ1) is 24.3. The Labute approximate surface area is 197 Å². The summed E-state index contributed by atoms with van der Waals surface area (Å²) in [6, 6.07) is 11.5. The molecule has 33 heavy (non-hydrogen) atoms. The fourth-order valence-electron chi connectivity index (χ4n) is 3.32. The molecule has 1 heterocycles. The zero-order valence-electron chi connectivity index (χ0n) is 19.3. The van der Waals surface area contributed by atoms with Crippen molar-refractivity contribution in [3.63, 3.8) is 0 Å². The van der Waals surface area contributed by atoms with Crippen molar-refractivity contribution in [2.75, 3.05) is 19.8 Å². The van der Waals surface area contributed by atoms with Crippen LogP contribution in [-0.4, -0.2) is 39.4 Å². The van der Waals surface area contributed by atoms with Gasteiger partial charge in [0, 0.05) is 10.6 Å². The number of nitro groups is 1. The van der Waals surface area contributed by atoms with E-state index >= 15 is 0 Å². The Morgan fingerprint density at radius 2 is 1.91 bits per heavy atom. The van der Waals surface area contributed by atoms with Crippen LogP contribution in [0.15, 0.2) is 54.2 Å². The highest BCUT2D eigenvalue weighted by atomic mass is 32.2. The average molecular weight is 469 g/mol. The molecule has 0 amide bonds. The van der Waals surface area contributed by atoms with Crippen molar-refractivity contribution in [3.8, 4) is 17.2 Å². The number of thioether (sulfide) groups is 1. The molecule has 3 rings (SSSR count). The van der Waals surface area contributed by atoms with Crippen LogP contribution in [0.4, 0.5) is 0 Å². The van der Waals surface area contributed by atoms with Crippen LogP contribution >= 0.6 is 11.8 Å². The molecule has 9 heteroatoms. The summed E-state index contributed by atoms with van der Waals surface area (Å²) in [4.78, 5) is 11.2. The molecule has 0 saturated carbocycles. The molecule has 1 aromatic heterocycles. The minimum absolute atomic E-state index is 0.276. The maximum atomic E-state index is 11.5. The van der Waals surface area contributed by atoms with Gasteiger partial charge in [-0.05, 0) is 68.7 Å². The van der Waals surface area contributed by atoms with Crippen LogP contribution in [0.25, 0.3) is 5.69 Å². The number of hydrogen-bond donors (Lipinski definition) is 0. The van der Waals surface area contributed by atoms with Crippen LogP contribution in [-0.2, 0) is 0 Å². The lowest BCUT2D eigenvalue weighted by Gasteiger charge is -2.17. The molecule has 2 aromatic carbocycles. The smallest absolute Gasteiger partial charge is 0.220 e. The van der Waals surface area contributed by atoms with Crippen LogP contribution < -0.4 is 9.47 Å². The molecule has 8 nitrogen and oxygen atoms in total. The lowest BCUT2D eigenvalue weighted by molar-refractivity contribution is -0.479. The molecular formula is C24H28N4O4S. The van der Waals surface area contributed by atoms with Crippen LogP contribution in [0.2, 0.25) is 0 Å². The molecule has 0 saturated heterocycles. The fourth-order valence-corrected chi connectivity index (χ4v) is 4.48. The molecule has 174 valence electrons. The van der Waals surface area contributed by atoms with E-state index in [1.54, 1.807) is 18.2 Å². The zero-order chi connectivity index (χ0) is 24.0. The normalized spacial score (nSPS) is 11.8. The van der Waals surface area contributed by atoms with E-state index in [-0.39, 0.29) is 11.5 Å². The Kier molecular flexibility index (Phi) is 8.11. The van der Waals surface area contributed by atoms with Gasteiger partial charge < -0.3 is 9.47 Å². The summed E-state index contributed by atoms with van der Waals surface area (Å²) in [7, 11) is 0. The quantitative estimate of drug-likeness (QED) is 0.164. The number of hydrogen-bond acceptors (Lipinski definition) is 7. The second kappa shape index (κ2) is 11.0. The third-order valence-electron chi connectivity index (χ3n) is 5.10. The van der Waals surface area contributed by atoms with Gasteiger partial charge in [-0.25, -0.2) is 0 Å². The SMILES string of the molecule is C=CCOc1ccc([C@@H](C[N+](=O)[O-])Sc2nnc(C)n2-c2ccc(C)c(C)c2)cc1OCC. The van der Waals surface area contributed by atoms with Crippen LogP contribution in [0.5, 0.6) is 11.5 Å². The highest BCUT2D eigenvalue weighted by Crippen LogP contribution is 2.39. The standard InChI is InChI=1S/C24H28N4O4S/c1-6-12-32-21-11-9-19(14-22(21)31-7-2)23(15-27(29)30)33-24-26-25-18(5)28(24)20-10-8-16(3)17(4)13-20/h6,8-11,13-14,23H,1,7,12,15H2,2-5H3/t23-/m1/s1. The highest BCUT2D eigenvalue weighted by Gasteiger charge is 2.25. The first-order chi connectivity index (χ1) is 15.8. The predicted molar refractivity (Wildman–Crippen MR) is 129 cm³/mol. The van der Waals surface area contributed by atoms with E-state index in [0.29, 0.717) is 35.7 Å². The van der Waals surface area contributed by atoms with Crippen molar-refractivity contribution in [1.82, 2.24) is 14.8 Å². The van der Waals surface area contributed by atoms with Crippen molar-refractivity contribution >= 4 is 11.8 Å². The van der Waals surface area contributed by atoms with E-state index in [1.807, 2.05) is 43.5 Å². The van der Waals surface area contributed by atoms with Gasteiger partial charge in [-0.3, -0.25) is 14.7 Å². The second-order valence-corrected chi connectivity index (χ2v) is 8.66. The lowest BCUT2D eigenvalue weighted by atomic mass is 10.1. The zero-order valence-corrected chi connectivity index (χ0v) is 20.1. The van der Waals surface area contributed by atoms with Crippen molar-refractivity contribution in [1.29, 1.82) is 0 Å². The largest absolute Gasteiger partial charge is 0.490 e. The van der Waals surface area contributed by atoms with E-state index in [4.69, 9.17) is 9.47 Å². The third-order valence-corrected chi connectivity index (χ3v) is 6.28. The number of aryl methyl sites for hydroxylation is 3. The van der Waals surface area contributed by atoms with E-state index in [1.165, 1.54) is 17.3 Å². The average Bonchev–Trinajstić information content (AvgIpc) is 3.14. The Bertz CT molecular complexity index is 1150. The van der Waals surface area contributed by atoms with E-state index < -0.39 is 5.25 Å². The summed E-state index contributed by atoms with van der Waals surface area (Å²) in [5.41, 5.74) is 4.01. The van der Waals surface area contributed by atoms with Crippen LogP contribution in [0.3, 0.4) is 0 Å². The van der Waals surface area contributed by atoms with Gasteiger partial charge in [0.15, 0.2) is 16.7 Å². The first-order valence-corrected chi connectivity index (χ1v) is 11.5. The number of ether oxygens (including phenoxy) is 2. The summed E-state index contributed by atoms with van der Waals surface area (Å²) in [6.45, 7) is 12.0. The second-order valence-electron chi connectivity index (χ2n) is 7.49. The summed E-state index contributed by atoms with van der Waals surface area (Å²) in [5.74, 6) is 1.82. The molecule has 0 aliphatic rings. The van der Waals surface area contributed by atoms with Gasteiger partial charge in [-0.2, -0.15) is 0 Å². The van der Waals surface area contributed by atoms with Gasteiger partial charge in [0.25, 0.3) is 0 Å². The van der Waals surface area contributed by atoms with Crippen LogP contribution in [0, 0.1) is 30.9 Å². The Balaban J connectivity index is 1.99. The Hall–Kier alpha value is -3.33. The molecule has 0 spiro atoms. The summed E-state index contributed by atoms with van der Waals surface area (Å²) < 4.78 is 13.3. The highest BCUT2D eigenvalue weighted by molar-refractivity contribution is 7.99. The maximum Gasteiger partial charge on any atom is 0.220 e. The molecule has 0 unspecified atom stereocenters. The predicted octanol–water partition coefficient (Wildman–Crippen LogP) is 5.27. The topological polar surface area (TPSA) is 92.3 Å². The molecule has 0 aliphatic heterocycles. The van der Waals surface area contributed by atoms with E-state index in [9.17, 15) is 10.1 Å². The fraction of sp³-hybridized carbons (Fsp3) is 0.333. The molecule has 3 aromatic rings. The summed E-state index contributed by atoms with van der Waals surface area (Å²) >= 11 is 1.31. The molecule has 0 bridgehead atoms. The lowest BCUT2D eigenvalue weighted by Crippen LogP contribution is -2.12. The number of nitrogens with zero attached hydrogens (tertiary/aromatic N) is 4. The Morgan fingerprint density at radius 1 is 1.12 bits per heavy atom. The molecule has 0 fully saturated rings. The minimum Gasteiger partial charge on any atom is -0.490 e. The summed E-state index contributed by atoms with van der Waals surface area (Å²) in [6.07, 6.45) is 1.65. The molecule has 0 aliphatic carbocycles. The molecule has 0 N–H and O–H groups in total. The van der Waals surface area contributed by atoms with Gasteiger partial charge in [0.05, 0.1) is 6.61 Å². The number of rotatable bonds is 11. The monoisotopic (exact) mass is 468 g/mol. The minimum atomic E-state index is -0.499. The number of benzene rings is 2. The summed E-state index contributed by atoms with van der Waals surface area (Å²) in [5, 5.41) is 20.2. The van der Waals surface area contributed by atoms with Gasteiger partial charge in [0.2, 0.25) is 6.54 Å². The van der Waals surface area contributed by atoms with Crippen molar-refractivity contribution in [3.05, 3.63) is 81.7 Å². The van der Waals surface area contributed by atoms with Gasteiger partial charge in [-0.15, -0.1) is 10.2 Å². The molecular weight excluding hydrogens is 440 g/mol. The van der Waals surface area contributed by atoms with Crippen molar-refractivity contribution < 1.29 is 14.4 Å². The Morgan fingerprint density at radius 3 is 2.58 bits per heavy atom. The first-order valence-electron chi connectivity index (χ1n) is 10.6. The molecule has 1 atom stereocenters. The molecule has 0 radical (unpaired) electrons. The van der Waals surface area contributed by atoms with Crippen LogP contribution in [0.1, 0.15) is 34.7 Å². The number of aromatic nitrogens is 3. The van der Waals surface area contributed by atoms with E-state index in [2.05, 4.69) is 29.8 Å². The van der Waals surface area contributed by atoms with Crippen molar-refractivity contribution in [2.24, 2.45) is 0 Å². The maximum absolute atomic E-state index is 11.5. The van der Waals surface area contributed by atoms with Gasteiger partial charge >= 0.3 is 0 Å². The van der Waals surface area contributed by atoms with Gasteiger partial charge in [-0.1, -0.05) is 36.5 Å². The van der Waals surface area contributed by atoms with Gasteiger partial charge in [0.1, 0.15) is 17.7 Å². The van der Waals surface area contributed by atoms with E-state index in [0.717, 1.165) is 16.8 Å². The third kappa shape index (κ3) is 5.92.